The lowest BCUT2D eigenvalue weighted by Gasteiger charge is -2.23. The molecule has 1 fully saturated rings. The fourth-order valence-corrected chi connectivity index (χ4v) is 4.38. The van der Waals surface area contributed by atoms with Gasteiger partial charge in [-0.15, -0.1) is 0 Å². The minimum absolute atomic E-state index is 0.0287. The molecule has 0 aliphatic carbocycles. The first-order valence-electron chi connectivity index (χ1n) is 11.0. The average Bonchev–Trinajstić information content (AvgIpc) is 3.47. The number of carbonyl (C=O) groups is 2. The van der Waals surface area contributed by atoms with Crippen LogP contribution in [0.2, 0.25) is 0 Å². The third-order valence-electron chi connectivity index (χ3n) is 6.21. The van der Waals surface area contributed by atoms with E-state index in [1.54, 1.807) is 18.2 Å². The number of H-pyrrole nitrogens is 1. The Hall–Kier alpha value is -4.54. The molecule has 0 saturated carbocycles. The van der Waals surface area contributed by atoms with Crippen LogP contribution in [-0.4, -0.2) is 41.8 Å². The summed E-state index contributed by atoms with van der Waals surface area (Å²) in [5.74, 6) is -0.396. The molecule has 11 heteroatoms. The molecule has 3 aromatic rings. The Morgan fingerprint density at radius 3 is 2.63 bits per heavy atom. The number of aromatic nitrogens is 2. The number of hydrogen-bond donors (Lipinski definition) is 2. The third-order valence-corrected chi connectivity index (χ3v) is 6.21. The number of ether oxygens (including phenoxy) is 2. The van der Waals surface area contributed by atoms with Crippen LogP contribution in [0.1, 0.15) is 12.0 Å². The van der Waals surface area contributed by atoms with E-state index >= 15 is 0 Å². The highest BCUT2D eigenvalue weighted by molar-refractivity contribution is 6.05. The van der Waals surface area contributed by atoms with Gasteiger partial charge in [0.25, 0.3) is 5.56 Å². The molecule has 2 aromatic carbocycles. The molecule has 1 atom stereocenters. The van der Waals surface area contributed by atoms with Crippen LogP contribution < -0.4 is 36.3 Å². The quantitative estimate of drug-likeness (QED) is 0.557. The van der Waals surface area contributed by atoms with Gasteiger partial charge in [-0.1, -0.05) is 30.3 Å². The topological polar surface area (TPSA) is 140 Å². The van der Waals surface area contributed by atoms with Gasteiger partial charge in [0.2, 0.25) is 18.6 Å². The number of nitrogens with two attached hydrogens (primary N) is 1. The highest BCUT2D eigenvalue weighted by Crippen LogP contribution is 2.37. The third kappa shape index (κ3) is 4.01. The molecular weight excluding hydrogens is 454 g/mol. The molecule has 180 valence electrons. The van der Waals surface area contributed by atoms with Crippen LogP contribution in [0.25, 0.3) is 0 Å². The summed E-state index contributed by atoms with van der Waals surface area (Å²) in [6.45, 7) is 0.362. The molecule has 5 rings (SSSR count). The van der Waals surface area contributed by atoms with Crippen molar-refractivity contribution >= 4 is 29.0 Å². The zero-order valence-electron chi connectivity index (χ0n) is 18.9. The Kier molecular flexibility index (Phi) is 5.51. The minimum atomic E-state index is -0.774. The van der Waals surface area contributed by atoms with Crippen LogP contribution in [-0.2, 0) is 16.1 Å². The number of benzene rings is 2. The Labute approximate surface area is 199 Å². The van der Waals surface area contributed by atoms with Crippen molar-refractivity contribution in [2.75, 3.05) is 35.9 Å². The lowest BCUT2D eigenvalue weighted by Crippen LogP contribution is -2.42. The van der Waals surface area contributed by atoms with Crippen LogP contribution in [0.4, 0.5) is 17.2 Å². The lowest BCUT2D eigenvalue weighted by molar-refractivity contribution is -0.124. The zero-order valence-corrected chi connectivity index (χ0v) is 18.9. The number of hydrogen-bond acceptors (Lipinski definition) is 7. The van der Waals surface area contributed by atoms with Crippen LogP contribution in [0.5, 0.6) is 11.5 Å². The van der Waals surface area contributed by atoms with E-state index in [1.165, 1.54) is 16.5 Å². The second-order valence-electron chi connectivity index (χ2n) is 8.41. The van der Waals surface area contributed by atoms with E-state index in [9.17, 15) is 19.2 Å². The minimum Gasteiger partial charge on any atom is -0.454 e. The number of nitrogen functional groups attached to an aromatic ring is 1. The first-order valence-corrected chi connectivity index (χ1v) is 11.0. The molecule has 2 amide bonds. The molecule has 1 saturated heterocycles. The summed E-state index contributed by atoms with van der Waals surface area (Å²) in [6, 6.07) is 14.3. The Bertz CT molecular complexity index is 1430. The van der Waals surface area contributed by atoms with Crippen molar-refractivity contribution in [3.05, 3.63) is 74.9 Å². The van der Waals surface area contributed by atoms with Gasteiger partial charge in [-0.05, 0) is 17.7 Å². The number of amides is 2. The molecule has 35 heavy (non-hydrogen) atoms. The van der Waals surface area contributed by atoms with Gasteiger partial charge in [0.05, 0.1) is 12.5 Å². The highest BCUT2D eigenvalue weighted by Gasteiger charge is 2.38. The smallest absolute Gasteiger partial charge is 0.330 e. The van der Waals surface area contributed by atoms with E-state index in [-0.39, 0.29) is 43.7 Å². The van der Waals surface area contributed by atoms with Crippen molar-refractivity contribution in [2.45, 2.75) is 13.0 Å². The number of fused-ring (bicyclic) bond motifs is 1. The van der Waals surface area contributed by atoms with Crippen LogP contribution in [0.15, 0.2) is 58.1 Å². The van der Waals surface area contributed by atoms with E-state index in [2.05, 4.69) is 4.98 Å². The van der Waals surface area contributed by atoms with Crippen LogP contribution in [0.3, 0.4) is 0 Å². The zero-order chi connectivity index (χ0) is 24.7. The maximum Gasteiger partial charge on any atom is 0.330 e. The van der Waals surface area contributed by atoms with E-state index in [0.717, 1.165) is 10.5 Å². The van der Waals surface area contributed by atoms with Crippen molar-refractivity contribution in [2.24, 2.45) is 5.92 Å². The summed E-state index contributed by atoms with van der Waals surface area (Å²) < 4.78 is 11.9. The molecule has 1 aromatic heterocycles. The van der Waals surface area contributed by atoms with Crippen molar-refractivity contribution < 1.29 is 19.1 Å². The summed E-state index contributed by atoms with van der Waals surface area (Å²) in [4.78, 5) is 56.0. The van der Waals surface area contributed by atoms with Crippen molar-refractivity contribution in [3.8, 4) is 11.5 Å². The molecular formula is C24H23N5O6. The second kappa shape index (κ2) is 8.67. The fourth-order valence-electron chi connectivity index (χ4n) is 4.38. The van der Waals surface area contributed by atoms with Gasteiger partial charge in [0.15, 0.2) is 17.2 Å². The first kappa shape index (κ1) is 22.3. The summed E-state index contributed by atoms with van der Waals surface area (Å²) in [5.41, 5.74) is 6.01. The van der Waals surface area contributed by atoms with Gasteiger partial charge < -0.3 is 25.0 Å². The fraction of sp³-hybridized carbons (Fsp3) is 0.250. The normalized spacial score (nSPS) is 16.5. The number of carbonyl (C=O) groups excluding carboxylic acids is 2. The van der Waals surface area contributed by atoms with Gasteiger partial charge in [0.1, 0.15) is 5.82 Å². The highest BCUT2D eigenvalue weighted by atomic mass is 16.7. The maximum absolute atomic E-state index is 13.3. The van der Waals surface area contributed by atoms with E-state index in [0.29, 0.717) is 17.2 Å². The largest absolute Gasteiger partial charge is 0.454 e. The second-order valence-corrected chi connectivity index (χ2v) is 8.41. The molecule has 11 nitrogen and oxygen atoms in total. The van der Waals surface area contributed by atoms with Gasteiger partial charge >= 0.3 is 5.69 Å². The molecule has 2 aliphatic rings. The molecule has 3 heterocycles. The predicted octanol–water partition coefficient (Wildman–Crippen LogP) is 0.912. The average molecular weight is 477 g/mol. The van der Waals surface area contributed by atoms with Crippen LogP contribution in [0, 0.1) is 5.92 Å². The molecule has 0 radical (unpaired) electrons. The van der Waals surface area contributed by atoms with Gasteiger partial charge in [-0.3, -0.25) is 23.9 Å². The first-order chi connectivity index (χ1) is 16.8. The van der Waals surface area contributed by atoms with Crippen molar-refractivity contribution in [3.63, 3.8) is 0 Å². The number of anilines is 3. The number of rotatable bonds is 5. The standard InChI is InChI=1S/C24H23N5O6/c1-27(20-21(25)29(24(33)26-22(20)31)11-14-5-3-2-4-6-14)23(32)15-9-19(30)28(12-15)16-7-8-17-18(10-16)35-13-34-17/h2-8,10,15H,9,11-13,25H2,1H3,(H,26,31,33). The summed E-state index contributed by atoms with van der Waals surface area (Å²) in [7, 11) is 1.41. The predicted molar refractivity (Wildman–Crippen MR) is 128 cm³/mol. The monoisotopic (exact) mass is 477 g/mol. The number of aromatic amines is 1. The van der Waals surface area contributed by atoms with Crippen molar-refractivity contribution in [1.82, 2.24) is 9.55 Å². The SMILES string of the molecule is CN(C(=O)C1CC(=O)N(c2ccc3c(c2)OCO3)C1)c1c(N)n(Cc2ccccc2)c(=O)[nH]c1=O. The molecule has 1 unspecified atom stereocenters. The molecule has 0 bridgehead atoms. The number of nitrogens with zero attached hydrogens (tertiary/aromatic N) is 3. The molecule has 0 spiro atoms. The van der Waals surface area contributed by atoms with Crippen LogP contribution >= 0.6 is 0 Å². The maximum atomic E-state index is 13.3. The summed E-state index contributed by atoms with van der Waals surface area (Å²) in [6.07, 6.45) is -0.0287. The van der Waals surface area contributed by atoms with Gasteiger partial charge in [-0.2, -0.15) is 0 Å². The summed E-state index contributed by atoms with van der Waals surface area (Å²) in [5, 5.41) is 0. The van der Waals surface area contributed by atoms with Gasteiger partial charge in [0, 0.05) is 31.8 Å². The lowest BCUT2D eigenvalue weighted by atomic mass is 10.1. The van der Waals surface area contributed by atoms with E-state index in [4.69, 9.17) is 15.2 Å². The Balaban J connectivity index is 1.39. The Morgan fingerprint density at radius 1 is 1.11 bits per heavy atom. The molecule has 2 aliphatic heterocycles. The van der Waals surface area contributed by atoms with Gasteiger partial charge in [-0.25, -0.2) is 4.79 Å². The molecule has 3 N–H and O–H groups in total. The Morgan fingerprint density at radius 2 is 1.86 bits per heavy atom. The van der Waals surface area contributed by atoms with E-state index in [1.807, 2.05) is 30.3 Å². The van der Waals surface area contributed by atoms with E-state index < -0.39 is 23.1 Å². The summed E-state index contributed by atoms with van der Waals surface area (Å²) >= 11 is 0. The van der Waals surface area contributed by atoms with Crippen molar-refractivity contribution in [1.29, 1.82) is 0 Å². The number of nitrogens with one attached hydrogen (secondary N) is 1.